The predicted octanol–water partition coefficient (Wildman–Crippen LogP) is 10.4. The first-order chi connectivity index (χ1) is 20.2. The lowest BCUT2D eigenvalue weighted by Gasteiger charge is -2.26. The van der Waals surface area contributed by atoms with E-state index in [-0.39, 0.29) is 0 Å². The van der Waals surface area contributed by atoms with Gasteiger partial charge < -0.3 is 9.64 Å². The highest BCUT2D eigenvalue weighted by Crippen LogP contribution is 2.40. The Morgan fingerprint density at radius 1 is 0.463 bits per heavy atom. The lowest BCUT2D eigenvalue weighted by Crippen LogP contribution is -2.09. The molecule has 198 valence electrons. The summed E-state index contributed by atoms with van der Waals surface area (Å²) >= 11 is 0. The summed E-state index contributed by atoms with van der Waals surface area (Å²) in [6.07, 6.45) is 0.982. The average molecular weight is 530 g/mol. The van der Waals surface area contributed by atoms with Gasteiger partial charge in [-0.25, -0.2) is 0 Å². The van der Waals surface area contributed by atoms with Gasteiger partial charge in [0.15, 0.2) is 0 Å². The van der Waals surface area contributed by atoms with Gasteiger partial charge in [0.1, 0.15) is 5.75 Å². The van der Waals surface area contributed by atoms with Crippen LogP contribution in [0.4, 0.5) is 17.1 Å². The van der Waals surface area contributed by atoms with Gasteiger partial charge in [0, 0.05) is 29.0 Å². The number of benzene rings is 6. The van der Waals surface area contributed by atoms with Crippen molar-refractivity contribution >= 4 is 17.1 Å². The number of ether oxygens (including phenoxy) is 1. The first-order valence-electron chi connectivity index (χ1n) is 14.2. The van der Waals surface area contributed by atoms with Crippen LogP contribution in [0.5, 0.6) is 5.75 Å². The van der Waals surface area contributed by atoms with Crippen molar-refractivity contribution in [2.45, 2.75) is 13.3 Å². The number of anilines is 3. The third-order valence-corrected chi connectivity index (χ3v) is 7.89. The minimum atomic E-state index is 0.763. The molecule has 0 aliphatic carbocycles. The lowest BCUT2D eigenvalue weighted by atomic mass is 9.99. The Labute approximate surface area is 242 Å². The molecule has 2 nitrogen and oxygen atoms in total. The summed E-state index contributed by atoms with van der Waals surface area (Å²) < 4.78 is 5.98. The molecule has 1 aliphatic heterocycles. The fourth-order valence-electron chi connectivity index (χ4n) is 5.66. The molecule has 1 aliphatic rings. The molecule has 0 atom stereocenters. The standard InChI is InChI=1S/C39H31NO/c1-28-10-20-35(21-11-28)40(37-24-18-33(19-25-37)38-9-5-8-34-26-27-41-39(34)38)36-22-16-32(17-23-36)31-14-12-30(13-15-31)29-6-3-2-4-7-29/h2-25H,26-27H2,1H3. The van der Waals surface area contributed by atoms with Gasteiger partial charge in [0.25, 0.3) is 0 Å². The number of rotatable bonds is 6. The van der Waals surface area contributed by atoms with E-state index < -0.39 is 0 Å². The number of hydrogen-bond acceptors (Lipinski definition) is 2. The smallest absolute Gasteiger partial charge is 0.130 e. The molecule has 0 spiro atoms. The maximum absolute atomic E-state index is 5.98. The molecule has 0 bridgehead atoms. The van der Waals surface area contributed by atoms with Gasteiger partial charge >= 0.3 is 0 Å². The zero-order valence-corrected chi connectivity index (χ0v) is 23.1. The fraction of sp³-hybridized carbons (Fsp3) is 0.0769. The van der Waals surface area contributed by atoms with E-state index in [0.29, 0.717) is 0 Å². The Hall–Kier alpha value is -5.08. The van der Waals surface area contributed by atoms with Gasteiger partial charge in [-0.2, -0.15) is 0 Å². The van der Waals surface area contributed by atoms with Crippen LogP contribution in [0.2, 0.25) is 0 Å². The van der Waals surface area contributed by atoms with Crippen LogP contribution in [0, 0.1) is 6.92 Å². The van der Waals surface area contributed by atoms with E-state index in [1.54, 1.807) is 0 Å². The van der Waals surface area contributed by atoms with Crippen molar-refractivity contribution in [1.82, 2.24) is 0 Å². The molecule has 0 saturated heterocycles. The SMILES string of the molecule is Cc1ccc(N(c2ccc(-c3ccc(-c4ccccc4)cc3)cc2)c2ccc(-c3cccc4c3OCC4)cc2)cc1. The Bertz CT molecular complexity index is 1770. The summed E-state index contributed by atoms with van der Waals surface area (Å²) in [4.78, 5) is 2.32. The van der Waals surface area contributed by atoms with Crippen molar-refractivity contribution < 1.29 is 4.74 Å². The van der Waals surface area contributed by atoms with Crippen LogP contribution in [-0.4, -0.2) is 6.61 Å². The minimum absolute atomic E-state index is 0.763. The van der Waals surface area contributed by atoms with Gasteiger partial charge in [0.05, 0.1) is 6.61 Å². The number of aryl methyl sites for hydroxylation is 1. The number of fused-ring (bicyclic) bond motifs is 1. The van der Waals surface area contributed by atoms with E-state index in [2.05, 4.69) is 157 Å². The summed E-state index contributed by atoms with van der Waals surface area (Å²) in [5.74, 6) is 1.03. The quantitative estimate of drug-likeness (QED) is 0.213. The third kappa shape index (κ3) is 5.01. The van der Waals surface area contributed by atoms with Gasteiger partial charge in [-0.05, 0) is 76.7 Å². The largest absolute Gasteiger partial charge is 0.492 e. The summed E-state index contributed by atoms with van der Waals surface area (Å²) in [5.41, 5.74) is 13.1. The number of hydrogen-bond donors (Lipinski definition) is 0. The minimum Gasteiger partial charge on any atom is -0.492 e. The molecule has 1 heterocycles. The molecule has 41 heavy (non-hydrogen) atoms. The van der Waals surface area contributed by atoms with Crippen molar-refractivity contribution in [1.29, 1.82) is 0 Å². The van der Waals surface area contributed by atoms with Gasteiger partial charge in [0.2, 0.25) is 0 Å². The molecule has 0 aromatic heterocycles. The van der Waals surface area contributed by atoms with Crippen molar-refractivity contribution in [2.75, 3.05) is 11.5 Å². The van der Waals surface area contributed by atoms with E-state index >= 15 is 0 Å². The Morgan fingerprint density at radius 3 is 1.54 bits per heavy atom. The van der Waals surface area contributed by atoms with E-state index in [0.717, 1.165) is 41.4 Å². The molecule has 0 saturated carbocycles. The van der Waals surface area contributed by atoms with Crippen LogP contribution in [0.1, 0.15) is 11.1 Å². The molecule has 6 aromatic rings. The van der Waals surface area contributed by atoms with E-state index in [1.807, 2.05) is 0 Å². The topological polar surface area (TPSA) is 12.5 Å². The zero-order valence-electron chi connectivity index (χ0n) is 23.1. The lowest BCUT2D eigenvalue weighted by molar-refractivity contribution is 0.358. The Balaban J connectivity index is 1.21. The van der Waals surface area contributed by atoms with Crippen LogP contribution in [-0.2, 0) is 6.42 Å². The molecular weight excluding hydrogens is 498 g/mol. The molecular formula is C39H31NO. The first-order valence-corrected chi connectivity index (χ1v) is 14.2. The van der Waals surface area contributed by atoms with Gasteiger partial charge in [-0.1, -0.05) is 115 Å². The molecule has 0 fully saturated rings. The summed E-state index contributed by atoms with van der Waals surface area (Å²) in [5, 5.41) is 0. The van der Waals surface area contributed by atoms with Gasteiger partial charge in [-0.3, -0.25) is 0 Å². The molecule has 0 N–H and O–H groups in total. The average Bonchev–Trinajstić information content (AvgIpc) is 3.53. The molecule has 0 amide bonds. The van der Waals surface area contributed by atoms with E-state index in [1.165, 1.54) is 38.9 Å². The van der Waals surface area contributed by atoms with Crippen LogP contribution < -0.4 is 9.64 Å². The predicted molar refractivity (Wildman–Crippen MR) is 171 cm³/mol. The zero-order chi connectivity index (χ0) is 27.6. The summed E-state index contributed by atoms with van der Waals surface area (Å²) in [7, 11) is 0. The van der Waals surface area contributed by atoms with Crippen LogP contribution in [0.15, 0.2) is 146 Å². The second-order valence-corrected chi connectivity index (χ2v) is 10.6. The molecule has 2 heteroatoms. The fourth-order valence-corrected chi connectivity index (χ4v) is 5.66. The van der Waals surface area contributed by atoms with Crippen molar-refractivity contribution in [3.63, 3.8) is 0 Å². The highest BCUT2D eigenvalue weighted by molar-refractivity contribution is 5.81. The molecule has 6 aromatic carbocycles. The Kier molecular flexibility index (Phi) is 6.58. The van der Waals surface area contributed by atoms with Crippen LogP contribution in [0.3, 0.4) is 0 Å². The van der Waals surface area contributed by atoms with Crippen molar-refractivity contribution in [3.05, 3.63) is 157 Å². The third-order valence-electron chi connectivity index (χ3n) is 7.89. The van der Waals surface area contributed by atoms with Crippen LogP contribution >= 0.6 is 0 Å². The maximum Gasteiger partial charge on any atom is 0.130 e. The molecule has 7 rings (SSSR count). The summed E-state index contributed by atoms with van der Waals surface area (Å²) in [6, 6.07) is 52.2. The Morgan fingerprint density at radius 2 is 0.951 bits per heavy atom. The second-order valence-electron chi connectivity index (χ2n) is 10.6. The first kappa shape index (κ1) is 24.9. The van der Waals surface area contributed by atoms with E-state index in [4.69, 9.17) is 4.74 Å². The van der Waals surface area contributed by atoms with E-state index in [9.17, 15) is 0 Å². The highest BCUT2D eigenvalue weighted by Gasteiger charge is 2.18. The second kappa shape index (κ2) is 10.8. The monoisotopic (exact) mass is 529 g/mol. The molecule has 0 radical (unpaired) electrons. The van der Waals surface area contributed by atoms with Gasteiger partial charge in [-0.15, -0.1) is 0 Å². The van der Waals surface area contributed by atoms with Crippen molar-refractivity contribution in [2.24, 2.45) is 0 Å². The normalized spacial score (nSPS) is 12.0. The number of para-hydroxylation sites is 1. The van der Waals surface area contributed by atoms with Crippen molar-refractivity contribution in [3.8, 4) is 39.1 Å². The number of nitrogens with zero attached hydrogens (tertiary/aromatic N) is 1. The van der Waals surface area contributed by atoms with Crippen LogP contribution in [0.25, 0.3) is 33.4 Å². The maximum atomic E-state index is 5.98. The highest BCUT2D eigenvalue weighted by atomic mass is 16.5. The summed E-state index contributed by atoms with van der Waals surface area (Å²) in [6.45, 7) is 2.89. The molecule has 0 unspecified atom stereocenters.